The van der Waals surface area contributed by atoms with Crippen LogP contribution in [0.25, 0.3) is 0 Å². The molecule has 0 atom stereocenters. The molecular weight excluding hydrogens is 320 g/mol. The Bertz CT molecular complexity index is 713. The number of hydrogen-bond donors (Lipinski definition) is 0. The van der Waals surface area contributed by atoms with E-state index in [1.165, 1.54) is 17.3 Å². The largest absolute Gasteiger partial charge is 0.311 e. The summed E-state index contributed by atoms with van der Waals surface area (Å²) in [5.74, 6) is 1.58. The van der Waals surface area contributed by atoms with Gasteiger partial charge in [0.05, 0.1) is 5.75 Å². The van der Waals surface area contributed by atoms with E-state index in [0.717, 1.165) is 55.4 Å². The zero-order valence-corrected chi connectivity index (χ0v) is 15.2. The lowest BCUT2D eigenvalue weighted by molar-refractivity contribution is -0.116. The van der Waals surface area contributed by atoms with Crippen molar-refractivity contribution in [2.75, 3.05) is 17.2 Å². The first-order valence-corrected chi connectivity index (χ1v) is 9.66. The minimum atomic E-state index is 0.144. The van der Waals surface area contributed by atoms with Crippen LogP contribution in [0.4, 0.5) is 5.69 Å². The molecule has 0 radical (unpaired) electrons. The second-order valence-corrected chi connectivity index (χ2v) is 6.90. The Morgan fingerprint density at radius 1 is 1.25 bits per heavy atom. The van der Waals surface area contributed by atoms with Gasteiger partial charge < -0.3 is 9.47 Å². The molecule has 0 aliphatic carbocycles. The summed E-state index contributed by atoms with van der Waals surface area (Å²) >= 11 is 1.49. The van der Waals surface area contributed by atoms with Crippen molar-refractivity contribution in [2.24, 2.45) is 0 Å². The van der Waals surface area contributed by atoms with E-state index in [4.69, 9.17) is 0 Å². The summed E-state index contributed by atoms with van der Waals surface area (Å²) in [6, 6.07) is 8.15. The third-order valence-corrected chi connectivity index (χ3v) is 5.33. The van der Waals surface area contributed by atoms with E-state index in [2.05, 4.69) is 34.7 Å². The van der Waals surface area contributed by atoms with Gasteiger partial charge in [-0.05, 0) is 31.4 Å². The van der Waals surface area contributed by atoms with Crippen LogP contribution in [0.15, 0.2) is 29.4 Å². The fourth-order valence-electron chi connectivity index (χ4n) is 3.06. The Kier molecular flexibility index (Phi) is 5.56. The van der Waals surface area contributed by atoms with Gasteiger partial charge in [-0.25, -0.2) is 0 Å². The number of hydrogen-bond acceptors (Lipinski definition) is 4. The van der Waals surface area contributed by atoms with E-state index in [1.807, 2.05) is 23.1 Å². The summed E-state index contributed by atoms with van der Waals surface area (Å²) in [4.78, 5) is 14.5. The minimum Gasteiger partial charge on any atom is -0.311 e. The Balaban J connectivity index is 1.64. The molecule has 0 saturated heterocycles. The number of para-hydroxylation sites is 1. The summed E-state index contributed by atoms with van der Waals surface area (Å²) in [6.45, 7) is 5.90. The molecule has 2 aromatic rings. The molecule has 1 amide bonds. The molecule has 5 nitrogen and oxygen atoms in total. The number of fused-ring (bicyclic) bond motifs is 1. The molecular formula is C18H24N4OS. The standard InChI is InChI=1S/C18H24N4OS/c1-3-5-10-16-19-20-18(21(16)4-2)24-13-17(23)22-12-11-14-8-6-7-9-15(14)22/h6-9H,3-5,10-13H2,1-2H3. The van der Waals surface area contributed by atoms with Gasteiger partial charge >= 0.3 is 0 Å². The number of nitrogens with zero attached hydrogens (tertiary/aromatic N) is 4. The fourth-order valence-corrected chi connectivity index (χ4v) is 3.96. The van der Waals surface area contributed by atoms with Gasteiger partial charge in [0.25, 0.3) is 0 Å². The van der Waals surface area contributed by atoms with Gasteiger partial charge in [0.1, 0.15) is 5.82 Å². The predicted molar refractivity (Wildman–Crippen MR) is 97.5 cm³/mol. The second-order valence-electron chi connectivity index (χ2n) is 5.96. The van der Waals surface area contributed by atoms with Crippen LogP contribution in [0.5, 0.6) is 0 Å². The lowest BCUT2D eigenvalue weighted by atomic mass is 10.2. The summed E-state index contributed by atoms with van der Waals surface area (Å²) in [5, 5.41) is 9.44. The van der Waals surface area contributed by atoms with Crippen molar-refractivity contribution in [1.82, 2.24) is 14.8 Å². The average Bonchev–Trinajstić information content (AvgIpc) is 3.21. The summed E-state index contributed by atoms with van der Waals surface area (Å²) < 4.78 is 2.13. The second kappa shape index (κ2) is 7.83. The van der Waals surface area contributed by atoms with Gasteiger partial charge in [0.2, 0.25) is 5.91 Å². The number of rotatable bonds is 7. The zero-order valence-electron chi connectivity index (χ0n) is 14.4. The molecule has 128 valence electrons. The van der Waals surface area contributed by atoms with Crippen molar-refractivity contribution in [3.05, 3.63) is 35.7 Å². The Morgan fingerprint density at radius 3 is 2.88 bits per heavy atom. The van der Waals surface area contributed by atoms with E-state index in [1.54, 1.807) is 0 Å². The van der Waals surface area contributed by atoms with Crippen molar-refractivity contribution in [3.8, 4) is 0 Å². The SMILES string of the molecule is CCCCc1nnc(SCC(=O)N2CCc3ccccc32)n1CC. The van der Waals surface area contributed by atoms with Crippen molar-refractivity contribution in [1.29, 1.82) is 0 Å². The molecule has 0 fully saturated rings. The van der Waals surface area contributed by atoms with E-state index < -0.39 is 0 Å². The highest BCUT2D eigenvalue weighted by atomic mass is 32.2. The number of aromatic nitrogens is 3. The smallest absolute Gasteiger partial charge is 0.237 e. The maximum atomic E-state index is 12.6. The van der Waals surface area contributed by atoms with Crippen LogP contribution in [0, 0.1) is 0 Å². The minimum absolute atomic E-state index is 0.144. The average molecular weight is 344 g/mol. The molecule has 24 heavy (non-hydrogen) atoms. The Hall–Kier alpha value is -1.82. The molecule has 0 unspecified atom stereocenters. The molecule has 0 bridgehead atoms. The van der Waals surface area contributed by atoms with Crippen molar-refractivity contribution in [3.63, 3.8) is 0 Å². The first-order chi connectivity index (χ1) is 11.7. The molecule has 3 rings (SSSR count). The number of unbranched alkanes of at least 4 members (excludes halogenated alkanes) is 1. The lowest BCUT2D eigenvalue weighted by Crippen LogP contribution is -2.30. The Morgan fingerprint density at radius 2 is 2.08 bits per heavy atom. The molecule has 0 N–H and O–H groups in total. The molecule has 2 heterocycles. The summed E-state index contributed by atoms with van der Waals surface area (Å²) in [5.41, 5.74) is 2.32. The summed E-state index contributed by atoms with van der Waals surface area (Å²) in [6.07, 6.45) is 4.16. The molecule has 0 saturated carbocycles. The zero-order chi connectivity index (χ0) is 16.9. The molecule has 1 aromatic carbocycles. The van der Waals surface area contributed by atoms with E-state index in [9.17, 15) is 4.79 Å². The van der Waals surface area contributed by atoms with E-state index in [-0.39, 0.29) is 5.91 Å². The van der Waals surface area contributed by atoms with E-state index >= 15 is 0 Å². The number of amides is 1. The highest BCUT2D eigenvalue weighted by Gasteiger charge is 2.24. The third kappa shape index (κ3) is 3.48. The Labute approximate surface area is 147 Å². The molecule has 1 aliphatic heterocycles. The number of benzene rings is 1. The monoisotopic (exact) mass is 344 g/mol. The van der Waals surface area contributed by atoms with Crippen molar-refractivity contribution >= 4 is 23.4 Å². The van der Waals surface area contributed by atoms with Gasteiger partial charge in [-0.2, -0.15) is 0 Å². The van der Waals surface area contributed by atoms with Gasteiger partial charge in [-0.15, -0.1) is 10.2 Å². The first kappa shape index (κ1) is 17.0. The first-order valence-electron chi connectivity index (χ1n) is 8.67. The van der Waals surface area contributed by atoms with Crippen molar-refractivity contribution < 1.29 is 4.79 Å². The number of anilines is 1. The summed E-state index contributed by atoms with van der Waals surface area (Å²) in [7, 11) is 0. The fraction of sp³-hybridized carbons (Fsp3) is 0.500. The highest BCUT2D eigenvalue weighted by Crippen LogP contribution is 2.28. The van der Waals surface area contributed by atoms with Crippen LogP contribution >= 0.6 is 11.8 Å². The maximum Gasteiger partial charge on any atom is 0.237 e. The third-order valence-electron chi connectivity index (χ3n) is 4.38. The quantitative estimate of drug-likeness (QED) is 0.723. The lowest BCUT2D eigenvalue weighted by Gasteiger charge is -2.17. The predicted octanol–water partition coefficient (Wildman–Crippen LogP) is 3.32. The number of carbonyl (C=O) groups is 1. The maximum absolute atomic E-state index is 12.6. The van der Waals surface area contributed by atoms with Crippen LogP contribution in [0.3, 0.4) is 0 Å². The highest BCUT2D eigenvalue weighted by molar-refractivity contribution is 7.99. The van der Waals surface area contributed by atoms with Crippen LogP contribution in [0.2, 0.25) is 0 Å². The number of carbonyl (C=O) groups excluding carboxylic acids is 1. The number of thioether (sulfide) groups is 1. The van der Waals surface area contributed by atoms with Crippen LogP contribution < -0.4 is 4.90 Å². The van der Waals surface area contributed by atoms with Crippen LogP contribution in [-0.2, 0) is 24.2 Å². The van der Waals surface area contributed by atoms with E-state index in [0.29, 0.717) is 5.75 Å². The molecule has 1 aliphatic rings. The van der Waals surface area contributed by atoms with Crippen LogP contribution in [0.1, 0.15) is 38.1 Å². The van der Waals surface area contributed by atoms with Gasteiger partial charge in [-0.3, -0.25) is 4.79 Å². The molecule has 6 heteroatoms. The molecule has 0 spiro atoms. The topological polar surface area (TPSA) is 51.0 Å². The van der Waals surface area contributed by atoms with Gasteiger partial charge in [0.15, 0.2) is 5.16 Å². The van der Waals surface area contributed by atoms with Crippen molar-refractivity contribution in [2.45, 2.75) is 51.2 Å². The number of aryl methyl sites for hydroxylation is 1. The van der Waals surface area contributed by atoms with Gasteiger partial charge in [0, 0.05) is 25.2 Å². The van der Waals surface area contributed by atoms with Gasteiger partial charge in [-0.1, -0.05) is 43.3 Å². The van der Waals surface area contributed by atoms with Crippen LogP contribution in [-0.4, -0.2) is 33.0 Å². The normalized spacial score (nSPS) is 13.3. The molecule has 1 aromatic heterocycles.